The van der Waals surface area contributed by atoms with Gasteiger partial charge in [-0.25, -0.2) is 4.39 Å². The first-order valence-corrected chi connectivity index (χ1v) is 6.29. The highest BCUT2D eigenvalue weighted by molar-refractivity contribution is 5.33. The summed E-state index contributed by atoms with van der Waals surface area (Å²) in [6, 6.07) is 6.49. The molecule has 0 radical (unpaired) electrons. The van der Waals surface area contributed by atoms with Gasteiger partial charge in [0, 0.05) is 5.56 Å². The third kappa shape index (κ3) is 2.58. The Morgan fingerprint density at radius 2 is 1.94 bits per heavy atom. The topological polar surface area (TPSA) is 20.2 Å². The molecule has 1 aliphatic carbocycles. The summed E-state index contributed by atoms with van der Waals surface area (Å²) in [5.74, 6) is -0.331. The Hall–Kier alpha value is -1.15. The smallest absolute Gasteiger partial charge is 0.129 e. The van der Waals surface area contributed by atoms with Crippen molar-refractivity contribution in [3.8, 4) is 0 Å². The highest BCUT2D eigenvalue weighted by Gasteiger charge is 2.30. The minimum atomic E-state index is -1.17. The third-order valence-corrected chi connectivity index (χ3v) is 3.56. The predicted molar refractivity (Wildman–Crippen MR) is 67.1 cm³/mol. The fraction of sp³-hybridized carbons (Fsp3) is 0.467. The lowest BCUT2D eigenvalue weighted by Gasteiger charge is -2.27. The lowest BCUT2D eigenvalue weighted by molar-refractivity contribution is 0.0890. The minimum absolute atomic E-state index is 0.331. The van der Waals surface area contributed by atoms with Gasteiger partial charge in [-0.15, -0.1) is 0 Å². The first kappa shape index (κ1) is 12.3. The van der Waals surface area contributed by atoms with Crippen LogP contribution in [-0.2, 0) is 5.60 Å². The molecule has 0 heterocycles. The summed E-state index contributed by atoms with van der Waals surface area (Å²) in [7, 11) is 0. The Morgan fingerprint density at radius 1 is 1.18 bits per heavy atom. The Morgan fingerprint density at radius 3 is 2.71 bits per heavy atom. The summed E-state index contributed by atoms with van der Waals surface area (Å²) in [5.41, 5.74) is 0.170. The molecule has 1 unspecified atom stereocenters. The summed E-state index contributed by atoms with van der Waals surface area (Å²) in [6.45, 7) is 1.70. The first-order chi connectivity index (χ1) is 8.12. The number of benzene rings is 1. The van der Waals surface area contributed by atoms with Gasteiger partial charge in [0.2, 0.25) is 0 Å². The molecule has 0 fully saturated rings. The SMILES string of the molecule is CC(O)(C1=CCCCCC1)c1ccccc1F. The van der Waals surface area contributed by atoms with Gasteiger partial charge in [-0.2, -0.15) is 0 Å². The van der Waals surface area contributed by atoms with Crippen LogP contribution in [0.2, 0.25) is 0 Å². The Bertz CT molecular complexity index is 421. The zero-order chi connectivity index (χ0) is 12.3. The predicted octanol–water partition coefficient (Wildman–Crippen LogP) is 3.92. The molecule has 1 nitrogen and oxygen atoms in total. The highest BCUT2D eigenvalue weighted by Crippen LogP contribution is 2.35. The van der Waals surface area contributed by atoms with E-state index in [9.17, 15) is 9.50 Å². The molecule has 1 aliphatic rings. The van der Waals surface area contributed by atoms with E-state index < -0.39 is 5.60 Å². The summed E-state index contributed by atoms with van der Waals surface area (Å²) in [5, 5.41) is 10.6. The Balaban J connectivity index is 2.35. The van der Waals surface area contributed by atoms with Crippen LogP contribution in [0.4, 0.5) is 4.39 Å². The molecule has 2 rings (SSSR count). The van der Waals surface area contributed by atoms with Crippen molar-refractivity contribution in [2.24, 2.45) is 0 Å². The molecule has 0 amide bonds. The van der Waals surface area contributed by atoms with Gasteiger partial charge in [-0.05, 0) is 44.2 Å². The average molecular weight is 234 g/mol. The summed E-state index contributed by atoms with van der Waals surface area (Å²) >= 11 is 0. The number of rotatable bonds is 2. The van der Waals surface area contributed by atoms with Crippen molar-refractivity contribution in [2.75, 3.05) is 0 Å². The van der Waals surface area contributed by atoms with E-state index >= 15 is 0 Å². The molecule has 0 spiro atoms. The number of hydrogen-bond donors (Lipinski definition) is 1. The first-order valence-electron chi connectivity index (χ1n) is 6.29. The normalized spacial score (nSPS) is 20.3. The van der Waals surface area contributed by atoms with E-state index in [1.165, 1.54) is 12.5 Å². The van der Waals surface area contributed by atoms with E-state index in [4.69, 9.17) is 0 Å². The van der Waals surface area contributed by atoms with Gasteiger partial charge in [0.05, 0.1) is 0 Å². The minimum Gasteiger partial charge on any atom is -0.381 e. The van der Waals surface area contributed by atoms with Crippen LogP contribution in [0.3, 0.4) is 0 Å². The van der Waals surface area contributed by atoms with Crippen LogP contribution in [0.25, 0.3) is 0 Å². The second-order valence-corrected chi connectivity index (χ2v) is 4.88. The molecule has 92 valence electrons. The zero-order valence-corrected chi connectivity index (χ0v) is 10.2. The van der Waals surface area contributed by atoms with Crippen LogP contribution >= 0.6 is 0 Å². The van der Waals surface area contributed by atoms with Crippen LogP contribution in [0.1, 0.15) is 44.6 Å². The molecule has 0 aromatic heterocycles. The molecule has 0 saturated heterocycles. The van der Waals surface area contributed by atoms with Crippen LogP contribution in [0.15, 0.2) is 35.9 Å². The maximum Gasteiger partial charge on any atom is 0.129 e. The molecule has 2 heteroatoms. The van der Waals surface area contributed by atoms with E-state index in [0.717, 1.165) is 31.3 Å². The number of hydrogen-bond acceptors (Lipinski definition) is 1. The van der Waals surface area contributed by atoms with Crippen LogP contribution in [0.5, 0.6) is 0 Å². The molecule has 0 bridgehead atoms. The number of halogens is 1. The number of aliphatic hydroxyl groups is 1. The van der Waals surface area contributed by atoms with Crippen molar-refractivity contribution in [1.29, 1.82) is 0 Å². The van der Waals surface area contributed by atoms with Crippen molar-refractivity contribution in [3.05, 3.63) is 47.3 Å². The van der Waals surface area contributed by atoms with Crippen LogP contribution < -0.4 is 0 Å². The summed E-state index contributed by atoms with van der Waals surface area (Å²) < 4.78 is 13.8. The van der Waals surface area contributed by atoms with Gasteiger partial charge in [-0.1, -0.05) is 30.7 Å². The van der Waals surface area contributed by atoms with Gasteiger partial charge < -0.3 is 5.11 Å². The third-order valence-electron chi connectivity index (χ3n) is 3.56. The second-order valence-electron chi connectivity index (χ2n) is 4.88. The van der Waals surface area contributed by atoms with Crippen molar-refractivity contribution in [1.82, 2.24) is 0 Å². The molecule has 1 N–H and O–H groups in total. The summed E-state index contributed by atoms with van der Waals surface area (Å²) in [4.78, 5) is 0. The maximum absolute atomic E-state index is 13.8. The van der Waals surface area contributed by atoms with E-state index in [1.54, 1.807) is 25.1 Å². The lowest BCUT2D eigenvalue weighted by Crippen LogP contribution is -2.25. The maximum atomic E-state index is 13.8. The fourth-order valence-electron chi connectivity index (χ4n) is 2.49. The molecular formula is C15H19FO. The van der Waals surface area contributed by atoms with Gasteiger partial charge in [0.1, 0.15) is 11.4 Å². The van der Waals surface area contributed by atoms with Gasteiger partial charge >= 0.3 is 0 Å². The van der Waals surface area contributed by atoms with E-state index in [2.05, 4.69) is 6.08 Å². The highest BCUT2D eigenvalue weighted by atomic mass is 19.1. The van der Waals surface area contributed by atoms with Crippen molar-refractivity contribution in [3.63, 3.8) is 0 Å². The molecule has 1 aromatic rings. The molecule has 1 aromatic carbocycles. The van der Waals surface area contributed by atoms with E-state index in [0.29, 0.717) is 5.56 Å². The standard InChI is InChI=1S/C15H19FO/c1-15(17,12-8-4-2-3-5-9-12)13-10-6-7-11-14(13)16/h6-8,10-11,17H,2-5,9H2,1H3. The van der Waals surface area contributed by atoms with Crippen LogP contribution in [0, 0.1) is 5.82 Å². The van der Waals surface area contributed by atoms with Crippen molar-refractivity contribution in [2.45, 2.75) is 44.6 Å². The molecule has 1 atom stereocenters. The molecular weight excluding hydrogens is 215 g/mol. The average Bonchev–Trinajstić information content (AvgIpc) is 2.58. The largest absolute Gasteiger partial charge is 0.381 e. The lowest BCUT2D eigenvalue weighted by atomic mass is 9.85. The van der Waals surface area contributed by atoms with Gasteiger partial charge in [0.25, 0.3) is 0 Å². The van der Waals surface area contributed by atoms with E-state index in [-0.39, 0.29) is 5.82 Å². The molecule has 0 saturated carbocycles. The Labute approximate surface area is 102 Å². The number of allylic oxidation sites excluding steroid dienone is 1. The molecule has 0 aliphatic heterocycles. The van der Waals surface area contributed by atoms with Crippen molar-refractivity contribution < 1.29 is 9.50 Å². The monoisotopic (exact) mass is 234 g/mol. The summed E-state index contributed by atoms with van der Waals surface area (Å²) in [6.07, 6.45) is 7.36. The Kier molecular flexibility index (Phi) is 3.63. The van der Waals surface area contributed by atoms with E-state index in [1.807, 2.05) is 0 Å². The zero-order valence-electron chi connectivity index (χ0n) is 10.2. The van der Waals surface area contributed by atoms with Gasteiger partial charge in [-0.3, -0.25) is 0 Å². The second kappa shape index (κ2) is 5.01. The fourth-order valence-corrected chi connectivity index (χ4v) is 2.49. The molecule has 17 heavy (non-hydrogen) atoms. The quantitative estimate of drug-likeness (QED) is 0.769. The van der Waals surface area contributed by atoms with Gasteiger partial charge in [0.15, 0.2) is 0 Å². The van der Waals surface area contributed by atoms with Crippen LogP contribution in [-0.4, -0.2) is 5.11 Å². The van der Waals surface area contributed by atoms with Crippen molar-refractivity contribution >= 4 is 0 Å².